The maximum absolute atomic E-state index is 13.3. The summed E-state index contributed by atoms with van der Waals surface area (Å²) < 4.78 is 0. The van der Waals surface area contributed by atoms with Gasteiger partial charge in [-0.2, -0.15) is 0 Å². The van der Waals surface area contributed by atoms with E-state index in [9.17, 15) is 14.4 Å². The van der Waals surface area contributed by atoms with E-state index in [2.05, 4.69) is 16.7 Å². The molecular weight excluding hydrogens is 392 g/mol. The van der Waals surface area contributed by atoms with Crippen LogP contribution in [0, 0.1) is 6.92 Å². The smallest absolute Gasteiger partial charge is 0.254 e. The van der Waals surface area contributed by atoms with Gasteiger partial charge in [0.1, 0.15) is 0 Å². The van der Waals surface area contributed by atoms with Crippen molar-refractivity contribution in [1.82, 2.24) is 15.1 Å². The van der Waals surface area contributed by atoms with Crippen LogP contribution in [0.25, 0.3) is 0 Å². The Bertz CT molecular complexity index is 921. The van der Waals surface area contributed by atoms with E-state index in [1.165, 1.54) is 6.92 Å². The molecule has 1 fully saturated rings. The molecule has 0 aromatic heterocycles. The minimum Gasteiger partial charge on any atom is -0.340 e. The summed E-state index contributed by atoms with van der Waals surface area (Å²) in [5.41, 5.74) is 3.32. The number of benzene rings is 2. The Morgan fingerprint density at radius 2 is 1.77 bits per heavy atom. The van der Waals surface area contributed by atoms with Gasteiger partial charge in [0, 0.05) is 63.9 Å². The highest BCUT2D eigenvalue weighted by atomic mass is 16.2. The number of nitrogens with one attached hydrogen (secondary N) is 2. The first kappa shape index (κ1) is 22.5. The molecule has 1 aliphatic heterocycles. The molecule has 1 heterocycles. The lowest BCUT2D eigenvalue weighted by molar-refractivity contribution is -0.132. The van der Waals surface area contributed by atoms with E-state index in [-0.39, 0.29) is 17.7 Å². The van der Waals surface area contributed by atoms with Crippen molar-refractivity contribution in [3.63, 3.8) is 0 Å². The standard InChI is InChI=1S/C24H30N4O3/c1-18-4-3-5-20(16-18)17-28(13-10-23(30)27-14-11-25-12-15-27)24(31)21-6-8-22(9-7-21)26-19(2)29/h3-9,16,25H,10-15,17H2,1-2H3,(H,26,29). The maximum atomic E-state index is 13.3. The Hall–Kier alpha value is -3.19. The molecule has 164 valence electrons. The van der Waals surface area contributed by atoms with Gasteiger partial charge in [-0.3, -0.25) is 14.4 Å². The molecule has 1 saturated heterocycles. The lowest BCUT2D eigenvalue weighted by Crippen LogP contribution is -2.47. The van der Waals surface area contributed by atoms with Crippen LogP contribution in [0.2, 0.25) is 0 Å². The second-order valence-electron chi connectivity index (χ2n) is 7.86. The Kier molecular flexibility index (Phi) is 7.78. The molecule has 0 aliphatic carbocycles. The first-order chi connectivity index (χ1) is 14.9. The normalized spacial score (nSPS) is 13.5. The second-order valence-corrected chi connectivity index (χ2v) is 7.86. The molecule has 0 atom stereocenters. The van der Waals surface area contributed by atoms with E-state index >= 15 is 0 Å². The number of carbonyl (C=O) groups is 3. The van der Waals surface area contributed by atoms with E-state index in [0.29, 0.717) is 43.9 Å². The summed E-state index contributed by atoms with van der Waals surface area (Å²) >= 11 is 0. The highest BCUT2D eigenvalue weighted by molar-refractivity contribution is 5.95. The highest BCUT2D eigenvalue weighted by Gasteiger charge is 2.21. The van der Waals surface area contributed by atoms with E-state index < -0.39 is 0 Å². The number of piperazine rings is 1. The van der Waals surface area contributed by atoms with Crippen LogP contribution in [0.15, 0.2) is 48.5 Å². The summed E-state index contributed by atoms with van der Waals surface area (Å²) in [6, 6.07) is 14.9. The van der Waals surface area contributed by atoms with Gasteiger partial charge in [0.05, 0.1) is 0 Å². The molecular formula is C24H30N4O3. The van der Waals surface area contributed by atoms with Gasteiger partial charge in [0.15, 0.2) is 0 Å². The van der Waals surface area contributed by atoms with Crippen LogP contribution in [-0.4, -0.2) is 60.2 Å². The third kappa shape index (κ3) is 6.65. The molecule has 3 amide bonds. The van der Waals surface area contributed by atoms with Gasteiger partial charge >= 0.3 is 0 Å². The van der Waals surface area contributed by atoms with Crippen LogP contribution in [0.5, 0.6) is 0 Å². The summed E-state index contributed by atoms with van der Waals surface area (Å²) in [6.45, 7) is 7.26. The highest BCUT2D eigenvalue weighted by Crippen LogP contribution is 2.15. The van der Waals surface area contributed by atoms with Crippen LogP contribution in [0.1, 0.15) is 34.8 Å². The lowest BCUT2D eigenvalue weighted by atomic mass is 10.1. The molecule has 0 spiro atoms. The van der Waals surface area contributed by atoms with Gasteiger partial charge in [0.2, 0.25) is 11.8 Å². The molecule has 31 heavy (non-hydrogen) atoms. The Morgan fingerprint density at radius 3 is 2.42 bits per heavy atom. The van der Waals surface area contributed by atoms with Crippen molar-refractivity contribution < 1.29 is 14.4 Å². The Labute approximate surface area is 183 Å². The average molecular weight is 423 g/mol. The largest absolute Gasteiger partial charge is 0.340 e. The Balaban J connectivity index is 1.73. The van der Waals surface area contributed by atoms with Crippen LogP contribution in [-0.2, 0) is 16.1 Å². The number of hydrogen-bond donors (Lipinski definition) is 2. The molecule has 0 saturated carbocycles. The topological polar surface area (TPSA) is 81.8 Å². The molecule has 2 aromatic carbocycles. The molecule has 0 bridgehead atoms. The average Bonchev–Trinajstić information content (AvgIpc) is 2.76. The van der Waals surface area contributed by atoms with Crippen LogP contribution in [0.4, 0.5) is 5.69 Å². The molecule has 7 heteroatoms. The van der Waals surface area contributed by atoms with Crippen molar-refractivity contribution in [2.45, 2.75) is 26.8 Å². The SMILES string of the molecule is CC(=O)Nc1ccc(C(=O)N(CCC(=O)N2CCNCC2)Cc2cccc(C)c2)cc1. The zero-order valence-corrected chi connectivity index (χ0v) is 18.2. The van der Waals surface area contributed by atoms with Crippen molar-refractivity contribution in [1.29, 1.82) is 0 Å². The summed E-state index contributed by atoms with van der Waals surface area (Å²) in [5.74, 6) is -0.222. The minimum absolute atomic E-state index is 0.0737. The summed E-state index contributed by atoms with van der Waals surface area (Å²) in [5, 5.41) is 5.95. The molecule has 0 radical (unpaired) electrons. The molecule has 7 nitrogen and oxygen atoms in total. The van der Waals surface area contributed by atoms with Crippen molar-refractivity contribution in [3.05, 3.63) is 65.2 Å². The molecule has 2 aromatic rings. The number of rotatable bonds is 7. The van der Waals surface area contributed by atoms with Gasteiger partial charge in [-0.25, -0.2) is 0 Å². The molecule has 0 unspecified atom stereocenters. The third-order valence-electron chi connectivity index (χ3n) is 5.26. The number of nitrogens with zero attached hydrogens (tertiary/aromatic N) is 2. The van der Waals surface area contributed by atoms with Gasteiger partial charge in [-0.1, -0.05) is 29.8 Å². The first-order valence-electron chi connectivity index (χ1n) is 10.6. The van der Waals surface area contributed by atoms with E-state index in [1.807, 2.05) is 30.0 Å². The number of hydrogen-bond acceptors (Lipinski definition) is 4. The monoisotopic (exact) mass is 422 g/mol. The number of anilines is 1. The summed E-state index contributed by atoms with van der Waals surface area (Å²) in [7, 11) is 0. The lowest BCUT2D eigenvalue weighted by Gasteiger charge is -2.29. The zero-order chi connectivity index (χ0) is 22.2. The fourth-order valence-electron chi connectivity index (χ4n) is 3.67. The summed E-state index contributed by atoms with van der Waals surface area (Å²) in [4.78, 5) is 40.7. The second kappa shape index (κ2) is 10.7. The predicted octanol–water partition coefficient (Wildman–Crippen LogP) is 2.42. The van der Waals surface area contributed by atoms with Crippen LogP contribution >= 0.6 is 0 Å². The van der Waals surface area contributed by atoms with Gasteiger partial charge < -0.3 is 20.4 Å². The van der Waals surface area contributed by atoms with Gasteiger partial charge in [0.25, 0.3) is 5.91 Å². The zero-order valence-electron chi connectivity index (χ0n) is 18.2. The number of amides is 3. The maximum Gasteiger partial charge on any atom is 0.254 e. The quantitative estimate of drug-likeness (QED) is 0.718. The fourth-order valence-corrected chi connectivity index (χ4v) is 3.67. The Morgan fingerprint density at radius 1 is 1.06 bits per heavy atom. The van der Waals surface area contributed by atoms with Crippen LogP contribution < -0.4 is 10.6 Å². The summed E-state index contributed by atoms with van der Waals surface area (Å²) in [6.07, 6.45) is 0.293. The van der Waals surface area contributed by atoms with Gasteiger partial charge in [-0.05, 0) is 36.8 Å². The van der Waals surface area contributed by atoms with Gasteiger partial charge in [-0.15, -0.1) is 0 Å². The third-order valence-corrected chi connectivity index (χ3v) is 5.26. The molecule has 2 N–H and O–H groups in total. The number of carbonyl (C=O) groups excluding carboxylic acids is 3. The van der Waals surface area contributed by atoms with Crippen molar-refractivity contribution in [3.8, 4) is 0 Å². The molecule has 3 rings (SSSR count). The predicted molar refractivity (Wildman–Crippen MR) is 121 cm³/mol. The molecule has 1 aliphatic rings. The fraction of sp³-hybridized carbons (Fsp3) is 0.375. The van der Waals surface area contributed by atoms with Crippen molar-refractivity contribution in [2.24, 2.45) is 0 Å². The van der Waals surface area contributed by atoms with E-state index in [0.717, 1.165) is 24.2 Å². The van der Waals surface area contributed by atoms with Crippen LogP contribution in [0.3, 0.4) is 0 Å². The van der Waals surface area contributed by atoms with E-state index in [1.54, 1.807) is 29.2 Å². The minimum atomic E-state index is -0.161. The van der Waals surface area contributed by atoms with E-state index in [4.69, 9.17) is 0 Å². The number of aryl methyl sites for hydroxylation is 1. The van der Waals surface area contributed by atoms with Crippen molar-refractivity contribution in [2.75, 3.05) is 38.0 Å². The van der Waals surface area contributed by atoms with Crippen molar-refractivity contribution >= 4 is 23.4 Å². The first-order valence-corrected chi connectivity index (χ1v) is 10.6.